The lowest BCUT2D eigenvalue weighted by molar-refractivity contribution is -0.113. The number of nitrogens with one attached hydrogen (secondary N) is 1. The van der Waals surface area contributed by atoms with E-state index in [9.17, 15) is 9.59 Å². The molecule has 1 atom stereocenters. The second kappa shape index (κ2) is 15.2. The van der Waals surface area contributed by atoms with Gasteiger partial charge in [-0.25, -0.2) is 4.99 Å². The molecule has 8 nitrogen and oxygen atoms in total. The summed E-state index contributed by atoms with van der Waals surface area (Å²) in [6.45, 7) is 4.49. The number of hydrogen-bond donors (Lipinski definition) is 1. The number of amides is 1. The third-order valence-electron chi connectivity index (χ3n) is 7.72. The first kappa shape index (κ1) is 34.8. The van der Waals surface area contributed by atoms with Gasteiger partial charge in [-0.1, -0.05) is 70.9 Å². The van der Waals surface area contributed by atoms with E-state index in [2.05, 4.69) is 27.9 Å². The van der Waals surface area contributed by atoms with Crippen molar-refractivity contribution in [1.82, 2.24) is 4.57 Å². The van der Waals surface area contributed by atoms with Gasteiger partial charge in [0, 0.05) is 5.69 Å². The van der Waals surface area contributed by atoms with Crippen molar-refractivity contribution in [3.05, 3.63) is 146 Å². The first-order valence-electron chi connectivity index (χ1n) is 15.2. The number of allylic oxidation sites excluding steroid dienone is 1. The Hall–Kier alpha value is -4.10. The maximum Gasteiger partial charge on any atom is 0.271 e. The zero-order valence-corrected chi connectivity index (χ0v) is 31.1. The molecule has 0 radical (unpaired) electrons. The van der Waals surface area contributed by atoms with Gasteiger partial charge in [-0.15, -0.1) is 0 Å². The second-order valence-corrected chi connectivity index (χ2v) is 14.0. The molecule has 4 aromatic carbocycles. The molecule has 1 amide bonds. The Kier molecular flexibility index (Phi) is 10.8. The number of thiazole rings is 1. The lowest BCUT2D eigenvalue weighted by Crippen LogP contribution is -2.40. The van der Waals surface area contributed by atoms with Gasteiger partial charge in [-0.3, -0.25) is 14.2 Å². The smallest absolute Gasteiger partial charge is 0.271 e. The van der Waals surface area contributed by atoms with Crippen LogP contribution in [0.2, 0.25) is 10.0 Å². The summed E-state index contributed by atoms with van der Waals surface area (Å²) < 4.78 is 20.3. The molecular weight excluding hydrogens is 796 g/mol. The van der Waals surface area contributed by atoms with Gasteiger partial charge < -0.3 is 19.5 Å². The fourth-order valence-electron chi connectivity index (χ4n) is 5.46. The van der Waals surface area contributed by atoms with Crippen molar-refractivity contribution in [3.8, 4) is 17.2 Å². The molecule has 250 valence electrons. The van der Waals surface area contributed by atoms with Crippen molar-refractivity contribution >= 4 is 74.8 Å². The number of halogens is 3. The molecule has 1 N–H and O–H groups in total. The molecule has 0 unspecified atom stereocenters. The summed E-state index contributed by atoms with van der Waals surface area (Å²) in [6, 6.07) is 25.0. The first-order chi connectivity index (χ1) is 23.7. The van der Waals surface area contributed by atoms with Gasteiger partial charge >= 0.3 is 0 Å². The van der Waals surface area contributed by atoms with Gasteiger partial charge in [0.2, 0.25) is 0 Å². The second-order valence-electron chi connectivity index (χ2n) is 11.0. The number of carbonyl (C=O) groups is 1. The number of para-hydroxylation sites is 1. The van der Waals surface area contributed by atoms with Crippen LogP contribution in [0.3, 0.4) is 0 Å². The fraction of sp³-hybridized carbons (Fsp3) is 0.162. The van der Waals surface area contributed by atoms with Crippen molar-refractivity contribution < 1.29 is 19.0 Å². The Bertz CT molecular complexity index is 2250. The monoisotopic (exact) mass is 825 g/mol. The minimum atomic E-state index is -0.718. The summed E-state index contributed by atoms with van der Waals surface area (Å²) in [6.07, 6.45) is 1.80. The average molecular weight is 827 g/mol. The van der Waals surface area contributed by atoms with E-state index < -0.39 is 6.04 Å². The van der Waals surface area contributed by atoms with E-state index in [-0.39, 0.29) is 18.1 Å². The SMILES string of the molecule is CCOc1ccc([C@H]2C(C(=O)Nc3ccccc3)=C(C)N=c3s/c(=C\c4cc(I)c(OCc5ccc(Cl)c(Cl)c5)c(OC)c4)c(=O)n32)cc1. The summed E-state index contributed by atoms with van der Waals surface area (Å²) in [4.78, 5) is 33.3. The third-order valence-corrected chi connectivity index (χ3v) is 10.2. The van der Waals surface area contributed by atoms with Crippen LogP contribution in [0.5, 0.6) is 17.2 Å². The van der Waals surface area contributed by atoms with Crippen molar-refractivity contribution in [1.29, 1.82) is 0 Å². The number of ether oxygens (including phenoxy) is 3. The number of benzene rings is 4. The predicted molar refractivity (Wildman–Crippen MR) is 203 cm³/mol. The maximum absolute atomic E-state index is 14.2. The lowest BCUT2D eigenvalue weighted by atomic mass is 9.95. The van der Waals surface area contributed by atoms with Crippen LogP contribution in [0.25, 0.3) is 6.08 Å². The molecule has 5 aromatic rings. The third kappa shape index (κ3) is 7.57. The van der Waals surface area contributed by atoms with Gasteiger partial charge in [-0.05, 0) is 108 Å². The Morgan fingerprint density at radius 1 is 1.02 bits per heavy atom. The van der Waals surface area contributed by atoms with Crippen molar-refractivity contribution in [3.63, 3.8) is 0 Å². The molecule has 0 saturated heterocycles. The molecule has 1 aliphatic heterocycles. The van der Waals surface area contributed by atoms with Crippen LogP contribution in [0.15, 0.2) is 106 Å². The number of methoxy groups -OCH3 is 1. The molecule has 12 heteroatoms. The van der Waals surface area contributed by atoms with Gasteiger partial charge in [0.1, 0.15) is 12.4 Å². The minimum absolute atomic E-state index is 0.256. The summed E-state index contributed by atoms with van der Waals surface area (Å²) in [5.74, 6) is 1.43. The number of aromatic nitrogens is 1. The highest BCUT2D eigenvalue weighted by molar-refractivity contribution is 14.1. The highest BCUT2D eigenvalue weighted by atomic mass is 127. The van der Waals surface area contributed by atoms with Crippen LogP contribution in [0.4, 0.5) is 5.69 Å². The van der Waals surface area contributed by atoms with E-state index in [1.54, 1.807) is 36.8 Å². The molecule has 6 rings (SSSR count). The van der Waals surface area contributed by atoms with Crippen molar-refractivity contribution in [2.24, 2.45) is 4.99 Å². The standard InChI is InChI=1S/C37H30Cl2IN3O5S/c1-4-47-26-13-11-24(12-14-26)33-32(35(44)42-25-8-6-5-7-9-25)21(2)41-37-43(33)36(45)31(49-37)19-23-17-29(40)34(30(18-23)46-3)48-20-22-10-15-27(38)28(39)16-22/h5-19,33H,4,20H2,1-3H3,(H,42,44)/b31-19-/t33-/m0/s1. The molecule has 0 spiro atoms. The quantitative estimate of drug-likeness (QED) is 0.146. The van der Waals surface area contributed by atoms with Crippen LogP contribution in [-0.2, 0) is 11.4 Å². The van der Waals surface area contributed by atoms with Gasteiger partial charge in [-0.2, -0.15) is 0 Å². The van der Waals surface area contributed by atoms with Crippen LogP contribution in [0, 0.1) is 3.57 Å². The number of anilines is 1. The minimum Gasteiger partial charge on any atom is -0.494 e. The first-order valence-corrected chi connectivity index (χ1v) is 17.9. The summed E-state index contributed by atoms with van der Waals surface area (Å²) in [5, 5.41) is 3.90. The molecule has 1 aliphatic rings. The normalized spacial score (nSPS) is 14.2. The Balaban J connectivity index is 1.39. The molecule has 0 bridgehead atoms. The van der Waals surface area contributed by atoms with Crippen molar-refractivity contribution in [2.75, 3.05) is 19.0 Å². The topological polar surface area (TPSA) is 91.2 Å². The average Bonchev–Trinajstić information content (AvgIpc) is 3.39. The Morgan fingerprint density at radius 3 is 2.47 bits per heavy atom. The van der Waals surface area contributed by atoms with Crippen molar-refractivity contribution in [2.45, 2.75) is 26.5 Å². The molecule has 0 fully saturated rings. The number of fused-ring (bicyclic) bond motifs is 1. The molecule has 49 heavy (non-hydrogen) atoms. The highest BCUT2D eigenvalue weighted by Crippen LogP contribution is 2.36. The van der Waals surface area contributed by atoms with Crippen LogP contribution in [0.1, 0.15) is 36.6 Å². The molecular formula is C37H30Cl2IN3O5S. The predicted octanol–water partition coefficient (Wildman–Crippen LogP) is 7.77. The van der Waals surface area contributed by atoms with E-state index in [1.165, 1.54) is 11.3 Å². The van der Waals surface area contributed by atoms with E-state index in [4.69, 9.17) is 42.4 Å². The van der Waals surface area contributed by atoms with Crippen LogP contribution in [-0.4, -0.2) is 24.2 Å². The molecule has 0 saturated carbocycles. The van der Waals surface area contributed by atoms with Crippen LogP contribution >= 0.6 is 57.1 Å². The zero-order chi connectivity index (χ0) is 34.7. The van der Waals surface area contributed by atoms with Gasteiger partial charge in [0.05, 0.1) is 49.2 Å². The number of carbonyl (C=O) groups excluding carboxylic acids is 1. The van der Waals surface area contributed by atoms with E-state index in [0.29, 0.717) is 60.2 Å². The molecule has 2 heterocycles. The van der Waals surface area contributed by atoms with Gasteiger partial charge in [0.25, 0.3) is 11.5 Å². The number of hydrogen-bond acceptors (Lipinski definition) is 7. The summed E-state index contributed by atoms with van der Waals surface area (Å²) >= 11 is 15.7. The molecule has 1 aromatic heterocycles. The van der Waals surface area contributed by atoms with Crippen LogP contribution < -0.4 is 34.4 Å². The molecule has 0 aliphatic carbocycles. The maximum atomic E-state index is 14.2. The van der Waals surface area contributed by atoms with Gasteiger partial charge in [0.15, 0.2) is 16.3 Å². The van der Waals surface area contributed by atoms with E-state index in [1.807, 2.05) is 79.7 Å². The highest BCUT2D eigenvalue weighted by Gasteiger charge is 2.32. The van der Waals surface area contributed by atoms with E-state index in [0.717, 1.165) is 20.3 Å². The summed E-state index contributed by atoms with van der Waals surface area (Å²) in [7, 11) is 1.57. The largest absolute Gasteiger partial charge is 0.494 e. The zero-order valence-electron chi connectivity index (χ0n) is 26.6. The number of rotatable bonds is 10. The Morgan fingerprint density at radius 2 is 1.78 bits per heavy atom. The lowest BCUT2D eigenvalue weighted by Gasteiger charge is -2.25. The summed E-state index contributed by atoms with van der Waals surface area (Å²) in [5.41, 5.74) is 3.63. The number of nitrogens with zero attached hydrogens (tertiary/aromatic N) is 2. The fourth-order valence-corrected chi connectivity index (χ4v) is 7.61. The van der Waals surface area contributed by atoms with E-state index >= 15 is 0 Å². The Labute approximate surface area is 310 Å².